The van der Waals surface area contributed by atoms with Gasteiger partial charge in [0, 0.05) is 32.4 Å². The van der Waals surface area contributed by atoms with Crippen LogP contribution in [0.15, 0.2) is 36.5 Å². The highest BCUT2D eigenvalue weighted by atomic mass is 16.5. The predicted octanol–water partition coefficient (Wildman–Crippen LogP) is 1.21. The normalized spacial score (nSPS) is 10.1. The van der Waals surface area contributed by atoms with Crippen molar-refractivity contribution in [1.82, 2.24) is 15.6 Å². The summed E-state index contributed by atoms with van der Waals surface area (Å²) in [4.78, 5) is 30.3. The van der Waals surface area contributed by atoms with Crippen LogP contribution in [0.4, 0.5) is 5.82 Å². The average molecular weight is 372 g/mol. The molecular formula is C19H24N4O4. The van der Waals surface area contributed by atoms with Gasteiger partial charge in [-0.15, -0.1) is 0 Å². The van der Waals surface area contributed by atoms with E-state index in [0.29, 0.717) is 23.6 Å². The van der Waals surface area contributed by atoms with Crippen molar-refractivity contribution in [3.8, 4) is 11.5 Å². The first kappa shape index (κ1) is 20.0. The Morgan fingerprint density at radius 1 is 1.04 bits per heavy atom. The van der Waals surface area contributed by atoms with Gasteiger partial charge in [0.05, 0.1) is 20.8 Å². The van der Waals surface area contributed by atoms with E-state index in [1.54, 1.807) is 24.4 Å². The molecule has 27 heavy (non-hydrogen) atoms. The fourth-order valence-electron chi connectivity index (χ4n) is 2.32. The molecule has 0 aliphatic carbocycles. The number of rotatable bonds is 8. The molecule has 2 N–H and O–H groups in total. The zero-order valence-electron chi connectivity index (χ0n) is 15.9. The van der Waals surface area contributed by atoms with Crippen molar-refractivity contribution in [1.29, 1.82) is 0 Å². The largest absolute Gasteiger partial charge is 0.493 e. The number of amides is 2. The highest BCUT2D eigenvalue weighted by Gasteiger charge is 2.12. The fourth-order valence-corrected chi connectivity index (χ4v) is 2.32. The van der Waals surface area contributed by atoms with Gasteiger partial charge >= 0.3 is 0 Å². The number of aromatic nitrogens is 1. The molecule has 2 rings (SSSR count). The number of methoxy groups -OCH3 is 2. The average Bonchev–Trinajstić information content (AvgIpc) is 2.69. The van der Waals surface area contributed by atoms with E-state index in [0.717, 1.165) is 11.4 Å². The van der Waals surface area contributed by atoms with E-state index in [2.05, 4.69) is 15.6 Å². The third-order valence-corrected chi connectivity index (χ3v) is 3.81. The second-order valence-electron chi connectivity index (χ2n) is 5.95. The molecule has 1 aromatic carbocycles. The van der Waals surface area contributed by atoms with Crippen LogP contribution in [0, 0.1) is 0 Å². The summed E-state index contributed by atoms with van der Waals surface area (Å²) in [5, 5.41) is 5.35. The summed E-state index contributed by atoms with van der Waals surface area (Å²) < 4.78 is 10.3. The highest BCUT2D eigenvalue weighted by molar-refractivity contribution is 5.97. The Bertz CT molecular complexity index is 808. The summed E-state index contributed by atoms with van der Waals surface area (Å²) in [5.41, 5.74) is 1.30. The van der Waals surface area contributed by atoms with E-state index >= 15 is 0 Å². The number of carbonyl (C=O) groups is 2. The van der Waals surface area contributed by atoms with Crippen molar-refractivity contribution in [3.05, 3.63) is 47.7 Å². The maximum absolute atomic E-state index is 12.2. The zero-order valence-corrected chi connectivity index (χ0v) is 15.9. The molecule has 2 amide bonds. The second kappa shape index (κ2) is 9.42. The first-order valence-electron chi connectivity index (χ1n) is 8.33. The molecule has 0 aliphatic heterocycles. The maximum Gasteiger partial charge on any atom is 0.251 e. The van der Waals surface area contributed by atoms with Gasteiger partial charge in [0.1, 0.15) is 5.82 Å². The minimum Gasteiger partial charge on any atom is -0.493 e. The molecule has 8 heteroatoms. The van der Waals surface area contributed by atoms with Crippen molar-refractivity contribution in [3.63, 3.8) is 0 Å². The predicted molar refractivity (Wildman–Crippen MR) is 102 cm³/mol. The van der Waals surface area contributed by atoms with Crippen LogP contribution in [0.3, 0.4) is 0 Å². The molecule has 144 valence electrons. The van der Waals surface area contributed by atoms with Gasteiger partial charge in [0.2, 0.25) is 5.91 Å². The van der Waals surface area contributed by atoms with E-state index in [4.69, 9.17) is 9.47 Å². The summed E-state index contributed by atoms with van der Waals surface area (Å²) in [6.07, 6.45) is 1.69. The Morgan fingerprint density at radius 2 is 1.78 bits per heavy atom. The smallest absolute Gasteiger partial charge is 0.251 e. The number of benzene rings is 1. The van der Waals surface area contributed by atoms with E-state index in [1.807, 2.05) is 31.1 Å². The second-order valence-corrected chi connectivity index (χ2v) is 5.95. The van der Waals surface area contributed by atoms with Gasteiger partial charge in [0.25, 0.3) is 5.91 Å². The summed E-state index contributed by atoms with van der Waals surface area (Å²) in [5.74, 6) is 1.13. The lowest BCUT2D eigenvalue weighted by Gasteiger charge is -2.13. The molecule has 0 spiro atoms. The van der Waals surface area contributed by atoms with Gasteiger partial charge in [-0.1, -0.05) is 0 Å². The zero-order chi connectivity index (χ0) is 19.8. The topological polar surface area (TPSA) is 92.8 Å². The molecule has 0 saturated heterocycles. The lowest BCUT2D eigenvalue weighted by molar-refractivity contribution is -0.120. The van der Waals surface area contributed by atoms with E-state index in [-0.39, 0.29) is 18.4 Å². The fraction of sp³-hybridized carbons (Fsp3) is 0.316. The van der Waals surface area contributed by atoms with E-state index < -0.39 is 0 Å². The number of ether oxygens (including phenoxy) is 2. The molecule has 1 heterocycles. The van der Waals surface area contributed by atoms with Crippen molar-refractivity contribution in [2.75, 3.05) is 39.8 Å². The molecule has 1 aromatic heterocycles. The Kier molecular flexibility index (Phi) is 6.99. The van der Waals surface area contributed by atoms with Crippen LogP contribution < -0.4 is 25.0 Å². The molecule has 0 fully saturated rings. The molecule has 2 aromatic rings. The Morgan fingerprint density at radius 3 is 2.44 bits per heavy atom. The highest BCUT2D eigenvalue weighted by Crippen LogP contribution is 2.27. The monoisotopic (exact) mass is 372 g/mol. The third kappa shape index (κ3) is 5.60. The number of carbonyl (C=O) groups excluding carboxylic acids is 2. The Labute approximate surface area is 158 Å². The molecule has 0 radical (unpaired) electrons. The van der Waals surface area contributed by atoms with Gasteiger partial charge in [-0.25, -0.2) is 4.98 Å². The molecule has 0 aliphatic rings. The molecule has 8 nitrogen and oxygen atoms in total. The number of hydrogen-bond donors (Lipinski definition) is 2. The van der Waals surface area contributed by atoms with Crippen LogP contribution >= 0.6 is 0 Å². The van der Waals surface area contributed by atoms with Gasteiger partial charge in [-0.05, 0) is 35.9 Å². The number of pyridine rings is 1. The van der Waals surface area contributed by atoms with Crippen LogP contribution in [-0.4, -0.2) is 51.7 Å². The quantitative estimate of drug-likeness (QED) is 0.724. The number of hydrogen-bond acceptors (Lipinski definition) is 6. The van der Waals surface area contributed by atoms with Gasteiger partial charge in [-0.2, -0.15) is 0 Å². The number of nitrogens with zero attached hydrogens (tertiary/aromatic N) is 2. The summed E-state index contributed by atoms with van der Waals surface area (Å²) >= 11 is 0. The molecule has 0 atom stereocenters. The lowest BCUT2D eigenvalue weighted by Crippen LogP contribution is -2.36. The van der Waals surface area contributed by atoms with E-state index in [1.165, 1.54) is 14.2 Å². The van der Waals surface area contributed by atoms with Crippen LogP contribution in [-0.2, 0) is 11.3 Å². The van der Waals surface area contributed by atoms with Crippen molar-refractivity contribution >= 4 is 17.6 Å². The minimum absolute atomic E-state index is 0.126. The van der Waals surface area contributed by atoms with Crippen LogP contribution in [0.1, 0.15) is 15.9 Å². The van der Waals surface area contributed by atoms with Crippen molar-refractivity contribution in [2.45, 2.75) is 6.54 Å². The number of anilines is 1. The third-order valence-electron chi connectivity index (χ3n) is 3.81. The van der Waals surface area contributed by atoms with Gasteiger partial charge in [-0.3, -0.25) is 9.59 Å². The molecule has 0 bridgehead atoms. The van der Waals surface area contributed by atoms with Crippen LogP contribution in [0.25, 0.3) is 0 Å². The van der Waals surface area contributed by atoms with E-state index in [9.17, 15) is 9.59 Å². The summed E-state index contributed by atoms with van der Waals surface area (Å²) in [7, 11) is 6.81. The van der Waals surface area contributed by atoms with Crippen LogP contribution in [0.5, 0.6) is 11.5 Å². The first-order chi connectivity index (χ1) is 12.9. The van der Waals surface area contributed by atoms with Gasteiger partial charge < -0.3 is 25.0 Å². The Balaban J connectivity index is 1.86. The maximum atomic E-state index is 12.2. The minimum atomic E-state index is -0.370. The molecular weight excluding hydrogens is 348 g/mol. The number of nitrogens with one attached hydrogen (secondary N) is 2. The summed E-state index contributed by atoms with van der Waals surface area (Å²) in [6.45, 7) is 0.229. The first-order valence-corrected chi connectivity index (χ1v) is 8.33. The Hall–Kier alpha value is -3.29. The molecule has 0 unspecified atom stereocenters. The SMILES string of the molecule is COc1ccc(C(=O)NCC(=O)NCc2ccnc(N(C)C)c2)cc1OC. The standard InChI is InChI=1S/C19H24N4O4/c1-23(2)17-9-13(7-8-20-17)11-21-18(24)12-22-19(25)14-5-6-15(26-3)16(10-14)27-4/h5-10H,11-12H2,1-4H3,(H,21,24)(H,22,25). The summed E-state index contributed by atoms with van der Waals surface area (Å²) in [6, 6.07) is 8.53. The molecule has 0 saturated carbocycles. The lowest BCUT2D eigenvalue weighted by atomic mass is 10.2. The van der Waals surface area contributed by atoms with Crippen LogP contribution in [0.2, 0.25) is 0 Å². The van der Waals surface area contributed by atoms with Crippen molar-refractivity contribution < 1.29 is 19.1 Å². The van der Waals surface area contributed by atoms with Gasteiger partial charge in [0.15, 0.2) is 11.5 Å². The van der Waals surface area contributed by atoms with Crippen molar-refractivity contribution in [2.24, 2.45) is 0 Å².